The second-order valence-electron chi connectivity index (χ2n) is 17.2. The number of benzene rings is 4. The molecule has 1 unspecified atom stereocenters. The van der Waals surface area contributed by atoms with Gasteiger partial charge in [-0.15, -0.1) is 0 Å². The topological polar surface area (TPSA) is 202 Å². The van der Waals surface area contributed by atoms with Crippen molar-refractivity contribution < 1.29 is 43.0 Å². The van der Waals surface area contributed by atoms with Crippen molar-refractivity contribution >= 4 is 47.2 Å². The van der Waals surface area contributed by atoms with Gasteiger partial charge < -0.3 is 46.1 Å². The highest BCUT2D eigenvalue weighted by atomic mass is 16.6. The van der Waals surface area contributed by atoms with Crippen LogP contribution in [0.4, 0.5) is 21.0 Å². The number of carbonyl (C=O) groups excluding carboxylic acids is 6. The molecule has 0 saturated carbocycles. The summed E-state index contributed by atoms with van der Waals surface area (Å²) in [6, 6.07) is 28.8. The van der Waals surface area contributed by atoms with E-state index in [1.165, 1.54) is 0 Å². The molecular weight excluding hydrogens is 805 g/mol. The Bertz CT molecular complexity index is 2190. The third-order valence-corrected chi connectivity index (χ3v) is 9.65. The summed E-state index contributed by atoms with van der Waals surface area (Å²) in [4.78, 5) is 81.5. The molecule has 63 heavy (non-hydrogen) atoms. The zero-order valence-corrected chi connectivity index (χ0v) is 36.6. The van der Waals surface area contributed by atoms with Gasteiger partial charge in [0.25, 0.3) is 0 Å². The highest BCUT2D eigenvalue weighted by Gasteiger charge is 2.37. The molecule has 0 aliphatic carbocycles. The lowest BCUT2D eigenvalue weighted by molar-refractivity contribution is -0.132. The van der Waals surface area contributed by atoms with E-state index in [0.717, 1.165) is 5.56 Å². The molecule has 0 spiro atoms. The molecule has 4 aromatic carbocycles. The zero-order valence-electron chi connectivity index (χ0n) is 36.6. The third kappa shape index (κ3) is 15.5. The Morgan fingerprint density at radius 3 is 1.89 bits per heavy atom. The van der Waals surface area contributed by atoms with Gasteiger partial charge in [-0.1, -0.05) is 78.9 Å². The molecule has 334 valence electrons. The molecule has 0 saturated heterocycles. The first-order chi connectivity index (χ1) is 29.9. The highest BCUT2D eigenvalue weighted by molar-refractivity contribution is 6.04. The predicted octanol–water partition coefficient (Wildman–Crippen LogP) is 6.74. The van der Waals surface area contributed by atoms with Crippen molar-refractivity contribution in [1.82, 2.24) is 21.3 Å². The van der Waals surface area contributed by atoms with Crippen LogP contribution in [0.1, 0.15) is 83.4 Å². The number of hydrogen-bond acceptors (Lipinski definition) is 9. The second kappa shape index (κ2) is 21.8. The summed E-state index contributed by atoms with van der Waals surface area (Å²) in [5, 5.41) is 16.6. The van der Waals surface area contributed by atoms with E-state index in [4.69, 9.17) is 14.2 Å². The largest absolute Gasteiger partial charge is 0.489 e. The molecule has 15 heteroatoms. The lowest BCUT2D eigenvalue weighted by Crippen LogP contribution is -2.57. The lowest BCUT2D eigenvalue weighted by Gasteiger charge is -2.27. The first-order valence-corrected chi connectivity index (χ1v) is 21.0. The summed E-state index contributed by atoms with van der Waals surface area (Å²) in [7, 11) is 0. The predicted molar refractivity (Wildman–Crippen MR) is 239 cm³/mol. The van der Waals surface area contributed by atoms with E-state index in [9.17, 15) is 28.8 Å². The van der Waals surface area contributed by atoms with Crippen LogP contribution in [-0.2, 0) is 41.7 Å². The van der Waals surface area contributed by atoms with Crippen LogP contribution in [0.25, 0.3) is 0 Å². The number of para-hydroxylation sites is 2. The maximum absolute atomic E-state index is 14.4. The van der Waals surface area contributed by atoms with E-state index in [1.54, 1.807) is 120 Å². The molecule has 1 heterocycles. The van der Waals surface area contributed by atoms with Gasteiger partial charge in [-0.25, -0.2) is 9.59 Å². The number of carbonyl (C=O) groups is 6. The second-order valence-corrected chi connectivity index (χ2v) is 17.2. The van der Waals surface area contributed by atoms with Crippen molar-refractivity contribution in [2.24, 2.45) is 0 Å². The standard InChI is InChI=1S/C48H58N6O9/c1-47(2,3)62-45(59)49-27-15-22-38(42(56)53-40(43(57)50-33-18-11-8-12-19-33)29-36-35-20-13-14-21-37(35)51-41(36)55)52-44(58)39(54-46(60)63-48(4,5)6)28-31-23-25-34(26-24-31)61-30-32-16-9-7-10-17-32/h7-14,16-21,23-26,36,38-40H,15,22,27-30H2,1-6H3,(H,49,59)(H,50,57)(H,51,55)(H,52,58)(H,53,56)(H,54,60)/t36?,38-,39-,40-/m0/s1. The van der Waals surface area contributed by atoms with E-state index in [-0.39, 0.29) is 38.1 Å². The Hall–Kier alpha value is -6.90. The quantitative estimate of drug-likeness (QED) is 0.0586. The SMILES string of the molecule is CC(C)(C)OC(=O)NCCC[C@H](NC(=O)[C@H](Cc1ccc(OCc2ccccc2)cc1)NC(=O)OC(C)(C)C)C(=O)N[C@@H](CC1C(=O)Nc2ccccc21)C(=O)Nc1ccccc1. The van der Waals surface area contributed by atoms with Crippen LogP contribution in [0.3, 0.4) is 0 Å². The Labute approximate surface area is 368 Å². The highest BCUT2D eigenvalue weighted by Crippen LogP contribution is 2.35. The van der Waals surface area contributed by atoms with Gasteiger partial charge in [0.15, 0.2) is 0 Å². The van der Waals surface area contributed by atoms with E-state index < -0.39 is 65.2 Å². The zero-order chi connectivity index (χ0) is 45.6. The first kappa shape index (κ1) is 47.2. The molecule has 0 fully saturated rings. The maximum Gasteiger partial charge on any atom is 0.408 e. The molecule has 1 aliphatic heterocycles. The normalized spacial score (nSPS) is 14.7. The van der Waals surface area contributed by atoms with Crippen LogP contribution in [0.15, 0.2) is 109 Å². The van der Waals surface area contributed by atoms with Crippen molar-refractivity contribution in [3.8, 4) is 5.75 Å². The molecule has 0 radical (unpaired) electrons. The number of alkyl carbamates (subject to hydrolysis) is 2. The number of rotatable bonds is 18. The van der Waals surface area contributed by atoms with Crippen molar-refractivity contribution in [3.05, 3.63) is 126 Å². The van der Waals surface area contributed by atoms with Crippen LogP contribution in [0.2, 0.25) is 0 Å². The minimum absolute atomic E-state index is 0.000247. The maximum atomic E-state index is 14.4. The fourth-order valence-corrected chi connectivity index (χ4v) is 6.71. The van der Waals surface area contributed by atoms with Crippen molar-refractivity contribution in [3.63, 3.8) is 0 Å². The number of ether oxygens (including phenoxy) is 3. The third-order valence-electron chi connectivity index (χ3n) is 9.65. The number of amides is 6. The molecule has 5 rings (SSSR count). The van der Waals surface area contributed by atoms with Crippen LogP contribution in [-0.4, -0.2) is 71.7 Å². The molecule has 0 bridgehead atoms. The van der Waals surface area contributed by atoms with E-state index in [1.807, 2.05) is 30.3 Å². The monoisotopic (exact) mass is 862 g/mol. The molecular formula is C48H58N6O9. The Morgan fingerprint density at radius 1 is 0.635 bits per heavy atom. The van der Waals surface area contributed by atoms with Crippen LogP contribution in [0.5, 0.6) is 5.75 Å². The Balaban J connectivity index is 1.38. The average molecular weight is 863 g/mol. The lowest BCUT2D eigenvalue weighted by atomic mass is 9.92. The summed E-state index contributed by atoms with van der Waals surface area (Å²) in [6.07, 6.45) is -1.39. The Kier molecular flexibility index (Phi) is 16.3. The van der Waals surface area contributed by atoms with Gasteiger partial charge in [0.2, 0.25) is 23.6 Å². The molecule has 1 aliphatic rings. The van der Waals surface area contributed by atoms with Gasteiger partial charge >= 0.3 is 12.2 Å². The van der Waals surface area contributed by atoms with Crippen molar-refractivity contribution in [2.45, 2.75) is 109 Å². The van der Waals surface area contributed by atoms with Crippen LogP contribution < -0.4 is 36.6 Å². The molecule has 4 aromatic rings. The van der Waals surface area contributed by atoms with Crippen LogP contribution in [0, 0.1) is 0 Å². The minimum Gasteiger partial charge on any atom is -0.489 e. The summed E-state index contributed by atoms with van der Waals surface area (Å²) in [5.41, 5.74) is 1.82. The van der Waals surface area contributed by atoms with E-state index in [2.05, 4.69) is 31.9 Å². The summed E-state index contributed by atoms with van der Waals surface area (Å²) in [6.45, 7) is 10.7. The van der Waals surface area contributed by atoms with Gasteiger partial charge in [-0.05, 0) is 108 Å². The molecule has 0 aromatic heterocycles. The average Bonchev–Trinajstić information content (AvgIpc) is 3.54. The summed E-state index contributed by atoms with van der Waals surface area (Å²) in [5.74, 6) is -2.50. The van der Waals surface area contributed by atoms with Crippen LogP contribution >= 0.6 is 0 Å². The molecule has 6 amide bonds. The van der Waals surface area contributed by atoms with Gasteiger partial charge in [0.1, 0.15) is 41.7 Å². The summed E-state index contributed by atoms with van der Waals surface area (Å²) < 4.78 is 16.8. The minimum atomic E-state index is -1.27. The van der Waals surface area contributed by atoms with Gasteiger partial charge in [-0.2, -0.15) is 0 Å². The fraction of sp³-hybridized carbons (Fsp3) is 0.375. The Morgan fingerprint density at radius 2 is 1.22 bits per heavy atom. The molecule has 4 atom stereocenters. The fourth-order valence-electron chi connectivity index (χ4n) is 6.71. The molecule has 6 N–H and O–H groups in total. The molecule has 15 nitrogen and oxygen atoms in total. The number of nitrogens with one attached hydrogen (secondary N) is 6. The van der Waals surface area contributed by atoms with E-state index >= 15 is 0 Å². The smallest absolute Gasteiger partial charge is 0.408 e. The number of anilines is 2. The summed E-state index contributed by atoms with van der Waals surface area (Å²) >= 11 is 0. The van der Waals surface area contributed by atoms with Gasteiger partial charge in [0, 0.05) is 24.3 Å². The first-order valence-electron chi connectivity index (χ1n) is 21.0. The van der Waals surface area contributed by atoms with Crippen molar-refractivity contribution in [1.29, 1.82) is 0 Å². The van der Waals surface area contributed by atoms with Gasteiger partial charge in [-0.3, -0.25) is 19.2 Å². The number of hydrogen-bond donors (Lipinski definition) is 6. The van der Waals surface area contributed by atoms with E-state index in [0.29, 0.717) is 34.9 Å². The van der Waals surface area contributed by atoms with Gasteiger partial charge in [0.05, 0.1) is 5.92 Å². The number of fused-ring (bicyclic) bond motifs is 1. The van der Waals surface area contributed by atoms with Crippen molar-refractivity contribution in [2.75, 3.05) is 17.2 Å².